The van der Waals surface area contributed by atoms with Gasteiger partial charge in [0.1, 0.15) is 11.6 Å². The zero-order valence-corrected chi connectivity index (χ0v) is 16.7. The number of imidazole rings is 1. The summed E-state index contributed by atoms with van der Waals surface area (Å²) >= 11 is 0. The molecule has 154 valence electrons. The molecule has 0 atom stereocenters. The van der Waals surface area contributed by atoms with Gasteiger partial charge in [0, 0.05) is 19.4 Å². The van der Waals surface area contributed by atoms with Crippen molar-refractivity contribution in [2.45, 2.75) is 32.7 Å². The summed E-state index contributed by atoms with van der Waals surface area (Å²) in [7, 11) is -3.61. The Hall–Kier alpha value is -2.79. The number of halogens is 1. The number of aromatic nitrogens is 4. The summed E-state index contributed by atoms with van der Waals surface area (Å²) in [6, 6.07) is 4.08. The van der Waals surface area contributed by atoms with Crippen molar-refractivity contribution in [3.63, 3.8) is 0 Å². The van der Waals surface area contributed by atoms with Crippen LogP contribution in [0.5, 0.6) is 5.75 Å². The smallest absolute Gasteiger partial charge is 0.312 e. The Morgan fingerprint density at radius 3 is 2.83 bits per heavy atom. The molecule has 0 unspecified atom stereocenters. The molecule has 11 heteroatoms. The van der Waals surface area contributed by atoms with Crippen LogP contribution in [0.3, 0.4) is 0 Å². The molecule has 1 aliphatic heterocycles. The minimum Gasteiger partial charge on any atom is -0.493 e. The number of aryl methyl sites for hydroxylation is 2. The van der Waals surface area contributed by atoms with Gasteiger partial charge in [-0.05, 0) is 36.1 Å². The molecule has 29 heavy (non-hydrogen) atoms. The molecule has 3 heterocycles. The molecule has 0 fully saturated rings. The average Bonchev–Trinajstić information content (AvgIpc) is 3.19. The fraction of sp³-hybridized carbons (Fsp3) is 0.389. The second kappa shape index (κ2) is 7.23. The fourth-order valence-corrected chi connectivity index (χ4v) is 4.12. The second-order valence-corrected chi connectivity index (χ2v) is 8.85. The van der Waals surface area contributed by atoms with Crippen LogP contribution in [0.1, 0.15) is 28.9 Å². The minimum absolute atomic E-state index is 0.0621. The molecule has 4 rings (SSSR count). The van der Waals surface area contributed by atoms with Gasteiger partial charge in [0.25, 0.3) is 0 Å². The Kier molecular flexibility index (Phi) is 4.87. The molecule has 1 aliphatic rings. The molecule has 0 bridgehead atoms. The van der Waals surface area contributed by atoms with E-state index in [4.69, 9.17) is 15.6 Å². The van der Waals surface area contributed by atoms with Crippen molar-refractivity contribution in [2.75, 3.05) is 18.1 Å². The Balaban J connectivity index is 1.75. The summed E-state index contributed by atoms with van der Waals surface area (Å²) in [6.45, 7) is 2.92. The van der Waals surface area contributed by atoms with Crippen LogP contribution in [0.25, 0.3) is 11.2 Å². The summed E-state index contributed by atoms with van der Waals surface area (Å²) in [4.78, 5) is 11.9. The van der Waals surface area contributed by atoms with Crippen molar-refractivity contribution in [1.29, 1.82) is 0 Å². The number of sulfonamides is 1. The highest BCUT2D eigenvalue weighted by Gasteiger charge is 2.20. The van der Waals surface area contributed by atoms with Gasteiger partial charge in [0.15, 0.2) is 17.0 Å². The monoisotopic (exact) mass is 420 g/mol. The second-order valence-electron chi connectivity index (χ2n) is 7.11. The summed E-state index contributed by atoms with van der Waals surface area (Å²) in [5.41, 5.74) is 9.60. The molecule has 4 N–H and O–H groups in total. The lowest BCUT2D eigenvalue weighted by atomic mass is 10.0. The third-order valence-electron chi connectivity index (χ3n) is 4.98. The van der Waals surface area contributed by atoms with Crippen LogP contribution in [0.2, 0.25) is 0 Å². The molecule has 3 aromatic rings. The number of nitrogen functional groups attached to an aromatic ring is 1. The number of nitrogens with two attached hydrogens (primary N) is 2. The van der Waals surface area contributed by atoms with Crippen LogP contribution in [0, 0.1) is 13.0 Å². The first-order chi connectivity index (χ1) is 13.7. The first kappa shape index (κ1) is 19.5. The molecule has 9 nitrogen and oxygen atoms in total. The quantitative estimate of drug-likeness (QED) is 0.568. The molecular weight excluding hydrogens is 399 g/mol. The third kappa shape index (κ3) is 4.01. The van der Waals surface area contributed by atoms with Crippen LogP contribution in [-0.4, -0.2) is 40.3 Å². The van der Waals surface area contributed by atoms with Crippen molar-refractivity contribution >= 4 is 27.0 Å². The van der Waals surface area contributed by atoms with E-state index >= 15 is 0 Å². The lowest BCUT2D eigenvalue weighted by Gasteiger charge is -2.11. The molecule has 2 aromatic heterocycles. The largest absolute Gasteiger partial charge is 0.493 e. The molecule has 1 aromatic carbocycles. The number of anilines is 1. The van der Waals surface area contributed by atoms with E-state index in [1.165, 1.54) is 5.56 Å². The van der Waals surface area contributed by atoms with Gasteiger partial charge in [-0.15, -0.1) is 0 Å². The molecule has 0 radical (unpaired) electrons. The lowest BCUT2D eigenvalue weighted by Crippen LogP contribution is -2.18. The Morgan fingerprint density at radius 2 is 2.07 bits per heavy atom. The van der Waals surface area contributed by atoms with E-state index in [2.05, 4.69) is 21.0 Å². The Labute approximate surface area is 167 Å². The van der Waals surface area contributed by atoms with Gasteiger partial charge in [-0.3, -0.25) is 0 Å². The van der Waals surface area contributed by atoms with Crippen LogP contribution in [-0.2, 0) is 29.4 Å². The first-order valence-electron chi connectivity index (χ1n) is 9.15. The SMILES string of the molecule is Cc1cc2c(cc1Cc1nc3c(N)nc(F)nc3n1CCCS(N)(=O)=O)OCC2. The number of benzene rings is 1. The van der Waals surface area contributed by atoms with Crippen molar-refractivity contribution in [2.24, 2.45) is 5.14 Å². The first-order valence-corrected chi connectivity index (χ1v) is 10.9. The van der Waals surface area contributed by atoms with E-state index in [0.29, 0.717) is 18.9 Å². The maximum absolute atomic E-state index is 13.8. The number of ether oxygens (including phenoxy) is 1. The number of fused-ring (bicyclic) bond motifs is 2. The zero-order chi connectivity index (χ0) is 20.8. The van der Waals surface area contributed by atoms with E-state index < -0.39 is 16.1 Å². The summed E-state index contributed by atoms with van der Waals surface area (Å²) in [5.74, 6) is 1.17. The van der Waals surface area contributed by atoms with Crippen molar-refractivity contribution < 1.29 is 17.5 Å². The Morgan fingerprint density at radius 1 is 1.28 bits per heavy atom. The van der Waals surface area contributed by atoms with Gasteiger partial charge in [-0.25, -0.2) is 18.5 Å². The van der Waals surface area contributed by atoms with Crippen molar-refractivity contribution in [3.05, 3.63) is 40.7 Å². The highest BCUT2D eigenvalue weighted by molar-refractivity contribution is 7.89. The van der Waals surface area contributed by atoms with Crippen LogP contribution in [0.4, 0.5) is 10.2 Å². The number of hydrogen-bond donors (Lipinski definition) is 2. The maximum Gasteiger partial charge on any atom is 0.312 e. The van der Waals surface area contributed by atoms with Gasteiger partial charge >= 0.3 is 6.08 Å². The van der Waals surface area contributed by atoms with Gasteiger partial charge in [-0.2, -0.15) is 14.4 Å². The van der Waals surface area contributed by atoms with Gasteiger partial charge < -0.3 is 15.0 Å². The van der Waals surface area contributed by atoms with Crippen molar-refractivity contribution in [1.82, 2.24) is 19.5 Å². The standard InChI is InChI=1S/C18H21FN6O3S/c1-10-7-11-3-5-28-13(11)8-12(10)9-14-22-15-16(20)23-18(19)24-17(15)25(14)4-2-6-29(21,26)27/h7-8H,2-6,9H2,1H3,(H2,20,23,24)(H2,21,26,27). The number of nitrogens with zero attached hydrogens (tertiary/aromatic N) is 4. The maximum atomic E-state index is 13.8. The Bertz CT molecular complexity index is 1210. The predicted octanol–water partition coefficient (Wildman–Crippen LogP) is 1.06. The van der Waals surface area contributed by atoms with Crippen molar-refractivity contribution in [3.8, 4) is 5.75 Å². The van der Waals surface area contributed by atoms with Gasteiger partial charge in [-0.1, -0.05) is 6.07 Å². The molecular formula is C18H21FN6O3S. The summed E-state index contributed by atoms with van der Waals surface area (Å²) < 4.78 is 43.7. The van der Waals surface area contributed by atoms with E-state index in [0.717, 1.165) is 23.3 Å². The van der Waals surface area contributed by atoms with Gasteiger partial charge in [0.05, 0.1) is 12.4 Å². The van der Waals surface area contributed by atoms with Crippen LogP contribution in [0.15, 0.2) is 12.1 Å². The summed E-state index contributed by atoms with van der Waals surface area (Å²) in [5, 5.41) is 5.10. The normalized spacial score (nSPS) is 13.6. The zero-order valence-electron chi connectivity index (χ0n) is 15.9. The number of primary sulfonamides is 1. The average molecular weight is 420 g/mol. The van der Waals surface area contributed by atoms with Crippen LogP contribution >= 0.6 is 0 Å². The molecule has 0 amide bonds. The van der Waals surface area contributed by atoms with E-state index in [-0.39, 0.29) is 35.7 Å². The summed E-state index contributed by atoms with van der Waals surface area (Å²) in [6.07, 6.45) is 0.578. The van der Waals surface area contributed by atoms with E-state index in [9.17, 15) is 12.8 Å². The number of rotatable bonds is 6. The van der Waals surface area contributed by atoms with E-state index in [1.807, 2.05) is 13.0 Å². The molecule has 0 aliphatic carbocycles. The lowest BCUT2D eigenvalue weighted by molar-refractivity contribution is 0.356. The van der Waals surface area contributed by atoms with Crippen LogP contribution < -0.4 is 15.6 Å². The predicted molar refractivity (Wildman–Crippen MR) is 105 cm³/mol. The topological polar surface area (TPSA) is 139 Å². The van der Waals surface area contributed by atoms with E-state index in [1.54, 1.807) is 4.57 Å². The highest BCUT2D eigenvalue weighted by Crippen LogP contribution is 2.30. The fourth-order valence-electron chi connectivity index (χ4n) is 3.58. The molecule has 0 spiro atoms. The minimum atomic E-state index is -3.61. The van der Waals surface area contributed by atoms with Gasteiger partial charge in [0.2, 0.25) is 10.0 Å². The molecule has 0 saturated carbocycles. The third-order valence-corrected chi connectivity index (χ3v) is 5.84. The number of hydrogen-bond acceptors (Lipinski definition) is 7. The highest BCUT2D eigenvalue weighted by atomic mass is 32.2. The molecule has 0 saturated heterocycles.